The van der Waals surface area contributed by atoms with Crippen molar-refractivity contribution in [2.24, 2.45) is 11.5 Å². The van der Waals surface area contributed by atoms with Gasteiger partial charge in [0.2, 0.25) is 11.9 Å². The van der Waals surface area contributed by atoms with Crippen LogP contribution >= 0.6 is 0 Å². The van der Waals surface area contributed by atoms with Crippen molar-refractivity contribution in [3.8, 4) is 0 Å². The van der Waals surface area contributed by atoms with Crippen LogP contribution in [0.15, 0.2) is 0 Å². The second-order valence-electron chi connectivity index (χ2n) is 9.84. The van der Waals surface area contributed by atoms with Crippen LogP contribution in [0.2, 0.25) is 0 Å². The van der Waals surface area contributed by atoms with Gasteiger partial charge < -0.3 is 33.2 Å². The molecule has 1 atom stereocenters. The molecular formula is C27H50N10. The Morgan fingerprint density at radius 3 is 2.00 bits per heavy atom. The van der Waals surface area contributed by atoms with Gasteiger partial charge in [0.25, 0.3) is 0 Å². The highest BCUT2D eigenvalue weighted by Gasteiger charge is 2.14. The second-order valence-corrected chi connectivity index (χ2v) is 9.84. The zero-order chi connectivity index (χ0) is 27.0. The third kappa shape index (κ3) is 10.7. The van der Waals surface area contributed by atoms with Gasteiger partial charge in [-0.2, -0.15) is 9.97 Å². The van der Waals surface area contributed by atoms with E-state index in [9.17, 15) is 0 Å². The quantitative estimate of drug-likeness (QED) is 0.151. The minimum absolute atomic E-state index is 0.173. The zero-order valence-electron chi connectivity index (χ0n) is 23.5. The van der Waals surface area contributed by atoms with Gasteiger partial charge in [-0.05, 0) is 85.2 Å². The molecule has 0 radical (unpaired) electrons. The van der Waals surface area contributed by atoms with Crippen molar-refractivity contribution in [1.29, 1.82) is 0 Å². The van der Waals surface area contributed by atoms with Crippen LogP contribution in [0.4, 0.5) is 23.5 Å². The molecule has 0 amide bonds. The van der Waals surface area contributed by atoms with E-state index in [0.29, 0.717) is 18.4 Å². The molecule has 0 aliphatic rings. The molecule has 2 heterocycles. The third-order valence-corrected chi connectivity index (χ3v) is 6.52. The fourth-order valence-corrected chi connectivity index (χ4v) is 4.32. The molecule has 9 N–H and O–H groups in total. The lowest BCUT2D eigenvalue weighted by Crippen LogP contribution is -2.22. The highest BCUT2D eigenvalue weighted by molar-refractivity contribution is 5.51. The summed E-state index contributed by atoms with van der Waals surface area (Å²) in [6.07, 6.45) is 10.2. The van der Waals surface area contributed by atoms with E-state index in [1.165, 1.54) is 5.56 Å². The Morgan fingerprint density at radius 2 is 1.32 bits per heavy atom. The Kier molecular flexibility index (Phi) is 13.9. The summed E-state index contributed by atoms with van der Waals surface area (Å²) >= 11 is 0. The number of aromatic nitrogens is 4. The van der Waals surface area contributed by atoms with Crippen molar-refractivity contribution in [2.75, 3.05) is 47.9 Å². The van der Waals surface area contributed by atoms with Crippen LogP contribution in [-0.2, 0) is 12.8 Å². The number of nitrogens with one attached hydrogen (secondary N) is 3. The Labute approximate surface area is 223 Å². The summed E-state index contributed by atoms with van der Waals surface area (Å²) in [7, 11) is 0. The van der Waals surface area contributed by atoms with Crippen LogP contribution < -0.4 is 33.2 Å². The Balaban J connectivity index is 2.01. The minimum atomic E-state index is 0.173. The summed E-state index contributed by atoms with van der Waals surface area (Å²) in [6, 6.07) is 0.173. The normalized spacial score (nSPS) is 11.9. The van der Waals surface area contributed by atoms with E-state index < -0.39 is 0 Å². The van der Waals surface area contributed by atoms with Gasteiger partial charge in [0.05, 0.1) is 0 Å². The largest absolute Gasteiger partial charge is 0.370 e. The van der Waals surface area contributed by atoms with Crippen LogP contribution in [-0.4, -0.2) is 52.2 Å². The minimum Gasteiger partial charge on any atom is -0.370 e. The van der Waals surface area contributed by atoms with Crippen molar-refractivity contribution >= 4 is 23.5 Å². The molecule has 208 valence electrons. The van der Waals surface area contributed by atoms with E-state index in [0.717, 1.165) is 112 Å². The second kappa shape index (κ2) is 16.9. The topological polar surface area (TPSA) is 166 Å². The van der Waals surface area contributed by atoms with E-state index >= 15 is 0 Å². The Morgan fingerprint density at radius 1 is 0.730 bits per heavy atom. The molecule has 37 heavy (non-hydrogen) atoms. The van der Waals surface area contributed by atoms with Crippen molar-refractivity contribution < 1.29 is 0 Å². The molecule has 0 saturated heterocycles. The molecule has 0 spiro atoms. The Bertz CT molecular complexity index is 934. The van der Waals surface area contributed by atoms with E-state index in [1.807, 2.05) is 6.92 Å². The maximum atomic E-state index is 5.92. The molecule has 0 aromatic carbocycles. The van der Waals surface area contributed by atoms with Crippen molar-refractivity contribution in [1.82, 2.24) is 19.9 Å². The van der Waals surface area contributed by atoms with Crippen molar-refractivity contribution in [3.63, 3.8) is 0 Å². The summed E-state index contributed by atoms with van der Waals surface area (Å²) in [4.78, 5) is 18.5. The molecule has 2 rings (SSSR count). The number of unbranched alkanes of at least 4 members (excludes halogenated alkanes) is 4. The van der Waals surface area contributed by atoms with Crippen LogP contribution in [0.1, 0.15) is 87.7 Å². The number of hydrogen-bond donors (Lipinski definition) is 6. The molecule has 2 aromatic rings. The number of aryl methyl sites for hydroxylation is 2. The first-order valence-electron chi connectivity index (χ1n) is 14.0. The van der Waals surface area contributed by atoms with Crippen LogP contribution in [0.5, 0.6) is 0 Å². The van der Waals surface area contributed by atoms with Gasteiger partial charge >= 0.3 is 0 Å². The SMILES string of the molecule is CCCCNc1nc(NC(C)CCNc2nc(N)nc(C)c2CCCCN)nc(C)c1CCCCCN. The van der Waals surface area contributed by atoms with Crippen molar-refractivity contribution in [2.45, 2.75) is 97.9 Å². The van der Waals surface area contributed by atoms with Crippen LogP contribution in [0.25, 0.3) is 0 Å². The van der Waals surface area contributed by atoms with E-state index in [1.54, 1.807) is 0 Å². The molecular weight excluding hydrogens is 464 g/mol. The summed E-state index contributed by atoms with van der Waals surface area (Å²) in [5, 5.41) is 10.5. The molecule has 0 saturated carbocycles. The monoisotopic (exact) mass is 514 g/mol. The number of nitrogens with zero attached hydrogens (tertiary/aromatic N) is 4. The molecule has 1 unspecified atom stereocenters. The van der Waals surface area contributed by atoms with Gasteiger partial charge in [-0.15, -0.1) is 0 Å². The van der Waals surface area contributed by atoms with E-state index in [4.69, 9.17) is 27.2 Å². The first-order valence-corrected chi connectivity index (χ1v) is 14.0. The maximum Gasteiger partial charge on any atom is 0.225 e. The lowest BCUT2D eigenvalue weighted by Gasteiger charge is -2.19. The van der Waals surface area contributed by atoms with E-state index in [2.05, 4.69) is 46.7 Å². The summed E-state index contributed by atoms with van der Waals surface area (Å²) in [5.74, 6) is 2.74. The standard InChI is InChI=1S/C27H50N10/c1-5-6-17-31-25-23(12-8-7-10-15-28)21(4)35-27(37-25)33-19(2)14-18-32-24-22(13-9-11-16-29)20(3)34-26(30)36-24/h19H,5-18,28-29H2,1-4H3,(H3,30,32,34,36)(H2,31,33,35,37). The summed E-state index contributed by atoms with van der Waals surface area (Å²) in [5.41, 5.74) is 21.5. The van der Waals surface area contributed by atoms with Gasteiger partial charge in [-0.25, -0.2) is 9.97 Å². The van der Waals surface area contributed by atoms with Crippen molar-refractivity contribution in [3.05, 3.63) is 22.5 Å². The first-order chi connectivity index (χ1) is 17.9. The van der Waals surface area contributed by atoms with Gasteiger partial charge in [0, 0.05) is 41.6 Å². The molecule has 10 nitrogen and oxygen atoms in total. The van der Waals surface area contributed by atoms with Gasteiger partial charge in [0.15, 0.2) is 0 Å². The fourth-order valence-electron chi connectivity index (χ4n) is 4.32. The summed E-state index contributed by atoms with van der Waals surface area (Å²) in [6.45, 7) is 11.5. The number of nitrogens with two attached hydrogens (primary N) is 3. The summed E-state index contributed by atoms with van der Waals surface area (Å²) < 4.78 is 0. The average molecular weight is 515 g/mol. The lowest BCUT2D eigenvalue weighted by atomic mass is 10.1. The fraction of sp³-hybridized carbons (Fsp3) is 0.704. The number of anilines is 4. The Hall–Kier alpha value is -2.72. The molecule has 0 bridgehead atoms. The van der Waals surface area contributed by atoms with Gasteiger partial charge in [0.1, 0.15) is 11.6 Å². The predicted octanol–water partition coefficient (Wildman–Crippen LogP) is 3.93. The zero-order valence-corrected chi connectivity index (χ0v) is 23.5. The average Bonchev–Trinajstić information content (AvgIpc) is 2.84. The smallest absolute Gasteiger partial charge is 0.225 e. The van der Waals surface area contributed by atoms with Crippen LogP contribution in [0.3, 0.4) is 0 Å². The van der Waals surface area contributed by atoms with Gasteiger partial charge in [-0.1, -0.05) is 19.8 Å². The number of nitrogen functional groups attached to an aromatic ring is 1. The highest BCUT2D eigenvalue weighted by Crippen LogP contribution is 2.23. The van der Waals surface area contributed by atoms with Crippen LogP contribution in [0, 0.1) is 13.8 Å². The molecule has 2 aromatic heterocycles. The number of hydrogen-bond acceptors (Lipinski definition) is 10. The molecule has 0 fully saturated rings. The van der Waals surface area contributed by atoms with Gasteiger partial charge in [-0.3, -0.25) is 0 Å². The maximum absolute atomic E-state index is 5.92. The number of rotatable bonds is 19. The first kappa shape index (κ1) is 30.5. The molecule has 0 aliphatic carbocycles. The molecule has 10 heteroatoms. The third-order valence-electron chi connectivity index (χ3n) is 6.52. The highest BCUT2D eigenvalue weighted by atomic mass is 15.2. The lowest BCUT2D eigenvalue weighted by molar-refractivity contribution is 0.681. The van der Waals surface area contributed by atoms with E-state index in [-0.39, 0.29) is 6.04 Å². The predicted molar refractivity (Wildman–Crippen MR) is 156 cm³/mol. The molecule has 0 aliphatic heterocycles.